The largest absolute Gasteiger partial charge is 0.462 e. The van der Waals surface area contributed by atoms with Crippen molar-refractivity contribution in [3.8, 4) is 0 Å². The Morgan fingerprint density at radius 3 is 2.47 bits per heavy atom. The first kappa shape index (κ1) is 23.7. The molecule has 1 aromatic carbocycles. The lowest BCUT2D eigenvalue weighted by atomic mass is 10.1. The zero-order valence-electron chi connectivity index (χ0n) is 18.6. The zero-order valence-corrected chi connectivity index (χ0v) is 19.4. The van der Waals surface area contributed by atoms with Crippen molar-refractivity contribution in [3.05, 3.63) is 46.3 Å². The topological polar surface area (TPSA) is 126 Å². The fourth-order valence-electron chi connectivity index (χ4n) is 3.31. The van der Waals surface area contributed by atoms with Gasteiger partial charge in [0.25, 0.3) is 5.91 Å². The molecule has 0 spiro atoms. The molecule has 1 atom stereocenters. The second-order valence-corrected chi connectivity index (χ2v) is 8.70. The van der Waals surface area contributed by atoms with E-state index in [1.54, 1.807) is 32.0 Å². The fraction of sp³-hybridized carbons (Fsp3) is 0.409. The number of carbonyl (C=O) groups excluding carboxylic acids is 2. The van der Waals surface area contributed by atoms with E-state index in [1.165, 1.54) is 0 Å². The van der Waals surface area contributed by atoms with Gasteiger partial charge in [-0.2, -0.15) is 4.99 Å². The van der Waals surface area contributed by atoms with Crippen molar-refractivity contribution >= 4 is 39.7 Å². The number of amidine groups is 1. The molecule has 1 saturated heterocycles. The Kier molecular flexibility index (Phi) is 7.84. The van der Waals surface area contributed by atoms with E-state index in [-0.39, 0.29) is 18.6 Å². The van der Waals surface area contributed by atoms with Gasteiger partial charge in [-0.15, -0.1) is 11.3 Å². The second-order valence-electron chi connectivity index (χ2n) is 7.65. The van der Waals surface area contributed by atoms with Gasteiger partial charge < -0.3 is 31.3 Å². The van der Waals surface area contributed by atoms with Gasteiger partial charge in [0.15, 0.2) is 0 Å². The third-order valence-electron chi connectivity index (χ3n) is 5.05. The number of esters is 1. The number of rotatable bonds is 7. The number of amides is 1. The highest BCUT2D eigenvalue weighted by Crippen LogP contribution is 2.29. The number of nitrogens with two attached hydrogens (primary N) is 2. The van der Waals surface area contributed by atoms with Crippen LogP contribution in [0.3, 0.4) is 0 Å². The van der Waals surface area contributed by atoms with Crippen LogP contribution in [-0.2, 0) is 4.74 Å². The first-order chi connectivity index (χ1) is 15.3. The Bertz CT molecular complexity index is 978. The Labute approximate surface area is 192 Å². The van der Waals surface area contributed by atoms with Crippen LogP contribution in [0.15, 0.2) is 35.3 Å². The number of nitrogens with one attached hydrogen (secondary N) is 1. The summed E-state index contributed by atoms with van der Waals surface area (Å²) in [6.07, 6.45) is -0.381. The monoisotopic (exact) mass is 458 g/mol. The van der Waals surface area contributed by atoms with Gasteiger partial charge in [-0.05, 0) is 51.2 Å². The first-order valence-corrected chi connectivity index (χ1v) is 11.4. The van der Waals surface area contributed by atoms with Crippen molar-refractivity contribution in [1.82, 2.24) is 4.90 Å². The van der Waals surface area contributed by atoms with Gasteiger partial charge in [0.1, 0.15) is 15.7 Å². The van der Waals surface area contributed by atoms with E-state index in [9.17, 15) is 9.59 Å². The van der Waals surface area contributed by atoms with E-state index < -0.39 is 11.9 Å². The summed E-state index contributed by atoms with van der Waals surface area (Å²) in [6, 6.07) is 8.93. The van der Waals surface area contributed by atoms with Crippen LogP contribution in [0.25, 0.3) is 0 Å². The molecule has 9 nitrogen and oxygen atoms in total. The molecule has 10 heteroatoms. The van der Waals surface area contributed by atoms with Crippen LogP contribution in [0.2, 0.25) is 0 Å². The van der Waals surface area contributed by atoms with Crippen LogP contribution in [0.4, 0.5) is 10.7 Å². The minimum absolute atomic E-state index is 0.00749. The summed E-state index contributed by atoms with van der Waals surface area (Å²) in [5, 5.41) is 3.60. The molecule has 2 heterocycles. The van der Waals surface area contributed by atoms with Gasteiger partial charge in [-0.25, -0.2) is 4.79 Å². The van der Waals surface area contributed by atoms with Gasteiger partial charge in [-0.3, -0.25) is 4.79 Å². The Morgan fingerprint density at radius 1 is 1.22 bits per heavy atom. The number of benzene rings is 1. The molecule has 32 heavy (non-hydrogen) atoms. The Hall–Kier alpha value is -2.95. The molecule has 0 bridgehead atoms. The molecule has 1 aliphatic heterocycles. The predicted octanol–water partition coefficient (Wildman–Crippen LogP) is 1.94. The van der Waals surface area contributed by atoms with E-state index in [2.05, 4.69) is 27.2 Å². The molecule has 1 fully saturated rings. The third-order valence-corrected chi connectivity index (χ3v) is 6.09. The molecule has 3 rings (SSSR count). The second kappa shape index (κ2) is 10.6. The number of thiophene rings is 1. The van der Waals surface area contributed by atoms with Crippen molar-refractivity contribution in [3.63, 3.8) is 0 Å². The van der Waals surface area contributed by atoms with Gasteiger partial charge in [0.05, 0.1) is 18.3 Å². The number of aliphatic imine (C=N–C) groups is 1. The van der Waals surface area contributed by atoms with E-state index in [4.69, 9.17) is 16.2 Å². The maximum Gasteiger partial charge on any atom is 0.348 e. The van der Waals surface area contributed by atoms with Gasteiger partial charge in [-0.1, -0.05) is 0 Å². The molecule has 0 radical (unpaired) electrons. The minimum Gasteiger partial charge on any atom is -0.462 e. The SMILES string of the molecule is CCOC(=O)c1cc(C(N)=NC(=O)c2ccc(N3CCN(C)CC3)cc2)c(NC(C)N)s1. The number of hydrogen-bond acceptors (Lipinski definition) is 8. The van der Waals surface area contributed by atoms with E-state index in [1.807, 2.05) is 12.1 Å². The molecule has 1 aromatic heterocycles. The van der Waals surface area contributed by atoms with Crippen molar-refractivity contribution in [1.29, 1.82) is 0 Å². The molecule has 2 aromatic rings. The standard InChI is InChI=1S/C22H30N6O3S/c1-4-31-22(30)18-13-17(21(32-18)25-14(2)23)19(24)26-20(29)15-5-7-16(8-6-15)28-11-9-27(3)10-12-28/h5-8,13-14,25H,4,9-12,23H2,1-3H3,(H2,24,26,29). The number of piperazine rings is 1. The van der Waals surface area contributed by atoms with Crippen LogP contribution in [0.1, 0.15) is 39.4 Å². The van der Waals surface area contributed by atoms with Crippen LogP contribution < -0.4 is 21.7 Å². The van der Waals surface area contributed by atoms with E-state index in [0.29, 0.717) is 21.0 Å². The normalized spacial score (nSPS) is 16.0. The summed E-state index contributed by atoms with van der Waals surface area (Å²) in [5.74, 6) is -0.911. The molecule has 0 aliphatic carbocycles. The van der Waals surface area contributed by atoms with Crippen LogP contribution in [-0.4, -0.2) is 68.6 Å². The third kappa shape index (κ3) is 5.84. The summed E-state index contributed by atoms with van der Waals surface area (Å²) in [4.78, 5) is 33.8. The minimum atomic E-state index is -0.463. The highest BCUT2D eigenvalue weighted by Gasteiger charge is 2.20. The number of carbonyl (C=O) groups is 2. The maximum atomic E-state index is 12.7. The quantitative estimate of drug-likeness (QED) is 0.249. The van der Waals surface area contributed by atoms with Gasteiger partial charge in [0, 0.05) is 37.4 Å². The van der Waals surface area contributed by atoms with Crippen molar-refractivity contribution in [2.75, 3.05) is 50.1 Å². The maximum absolute atomic E-state index is 12.7. The van der Waals surface area contributed by atoms with Crippen molar-refractivity contribution in [2.45, 2.75) is 20.0 Å². The lowest BCUT2D eigenvalue weighted by molar-refractivity contribution is 0.0532. The summed E-state index contributed by atoms with van der Waals surface area (Å²) in [6.45, 7) is 7.66. The zero-order chi connectivity index (χ0) is 23.3. The van der Waals surface area contributed by atoms with Crippen molar-refractivity contribution in [2.24, 2.45) is 16.5 Å². The lowest BCUT2D eigenvalue weighted by Gasteiger charge is -2.34. The lowest BCUT2D eigenvalue weighted by Crippen LogP contribution is -2.44. The molecular weight excluding hydrogens is 428 g/mol. The Balaban J connectivity index is 1.78. The van der Waals surface area contributed by atoms with Gasteiger partial charge in [0.2, 0.25) is 0 Å². The number of ether oxygens (including phenoxy) is 1. The van der Waals surface area contributed by atoms with E-state index in [0.717, 1.165) is 43.2 Å². The molecule has 1 aliphatic rings. The fourth-order valence-corrected chi connectivity index (χ4v) is 4.37. The first-order valence-electron chi connectivity index (χ1n) is 10.5. The number of likely N-dealkylation sites (N-methyl/N-ethyl adjacent to an activating group) is 1. The summed E-state index contributed by atoms with van der Waals surface area (Å²) in [7, 11) is 2.11. The molecule has 5 N–H and O–H groups in total. The summed E-state index contributed by atoms with van der Waals surface area (Å²) < 4.78 is 5.06. The average Bonchev–Trinajstić information content (AvgIpc) is 3.18. The van der Waals surface area contributed by atoms with Gasteiger partial charge >= 0.3 is 5.97 Å². The molecule has 1 unspecified atom stereocenters. The molecule has 1 amide bonds. The number of nitrogens with zero attached hydrogens (tertiary/aromatic N) is 3. The summed E-state index contributed by atoms with van der Waals surface area (Å²) >= 11 is 1.16. The predicted molar refractivity (Wildman–Crippen MR) is 129 cm³/mol. The highest BCUT2D eigenvalue weighted by molar-refractivity contribution is 7.18. The molecular formula is C22H30N6O3S. The van der Waals surface area contributed by atoms with E-state index >= 15 is 0 Å². The van der Waals surface area contributed by atoms with Crippen LogP contribution >= 0.6 is 11.3 Å². The molecule has 172 valence electrons. The molecule has 0 saturated carbocycles. The average molecular weight is 459 g/mol. The number of hydrogen-bond donors (Lipinski definition) is 3. The van der Waals surface area contributed by atoms with Crippen molar-refractivity contribution < 1.29 is 14.3 Å². The summed E-state index contributed by atoms with van der Waals surface area (Å²) in [5.41, 5.74) is 13.9. The van der Waals surface area contributed by atoms with Crippen LogP contribution in [0.5, 0.6) is 0 Å². The highest BCUT2D eigenvalue weighted by atomic mass is 32.1. The number of anilines is 2. The smallest absolute Gasteiger partial charge is 0.348 e. The van der Waals surface area contributed by atoms with Crippen LogP contribution in [0, 0.1) is 0 Å². The Morgan fingerprint density at radius 2 is 1.88 bits per heavy atom.